The number of hydrogen-bond donors (Lipinski definition) is 3. The Morgan fingerprint density at radius 1 is 1.24 bits per heavy atom. The van der Waals surface area contributed by atoms with Crippen molar-refractivity contribution in [3.63, 3.8) is 0 Å². The Kier molecular flexibility index (Phi) is 7.90. The van der Waals surface area contributed by atoms with E-state index in [0.29, 0.717) is 42.7 Å². The summed E-state index contributed by atoms with van der Waals surface area (Å²) in [6.45, 7) is 0.832. The molecule has 1 aromatic heterocycles. The molecule has 29 heavy (non-hydrogen) atoms. The molecular formula is C16H24F3N5O4S. The molecule has 2 rings (SSSR count). The lowest BCUT2D eigenvalue weighted by atomic mass is 9.98. The number of hydrogen-bond acceptors (Lipinski definition) is 5. The molecule has 3 N–H and O–H groups in total. The average molecular weight is 439 g/mol. The lowest BCUT2D eigenvalue weighted by molar-refractivity contribution is -0.0496. The predicted octanol–water partition coefficient (Wildman–Crippen LogP) is 0.736. The molecule has 0 radical (unpaired) electrons. The summed E-state index contributed by atoms with van der Waals surface area (Å²) in [4.78, 5) is 15.7. The van der Waals surface area contributed by atoms with Crippen LogP contribution in [0.2, 0.25) is 0 Å². The monoisotopic (exact) mass is 439 g/mol. The summed E-state index contributed by atoms with van der Waals surface area (Å²) < 4.78 is 66.1. The maximum Gasteiger partial charge on any atom is 0.511 e. The number of halogens is 3. The van der Waals surface area contributed by atoms with E-state index in [1.807, 2.05) is 0 Å². The first-order chi connectivity index (χ1) is 13.6. The second-order valence-electron chi connectivity index (χ2n) is 6.41. The first-order valence-corrected chi connectivity index (χ1v) is 10.4. The SMILES string of the molecule is CN=C(NCCNC(=O)c1ccco1)NCC1CCN(S(=O)(=O)C(F)(F)F)CC1. The van der Waals surface area contributed by atoms with Crippen molar-refractivity contribution in [2.24, 2.45) is 10.9 Å². The topological polar surface area (TPSA) is 116 Å². The maximum atomic E-state index is 12.6. The number of guanidine groups is 1. The molecule has 1 aliphatic heterocycles. The molecule has 0 aliphatic carbocycles. The van der Waals surface area contributed by atoms with E-state index in [9.17, 15) is 26.4 Å². The van der Waals surface area contributed by atoms with Crippen LogP contribution in [0.4, 0.5) is 13.2 Å². The molecule has 13 heteroatoms. The van der Waals surface area contributed by atoms with Gasteiger partial charge in [-0.15, -0.1) is 0 Å². The summed E-state index contributed by atoms with van der Waals surface area (Å²) in [5.41, 5.74) is -5.27. The Labute approximate surface area is 166 Å². The normalized spacial score (nSPS) is 17.2. The second kappa shape index (κ2) is 9.96. The van der Waals surface area contributed by atoms with Crippen molar-refractivity contribution in [1.82, 2.24) is 20.3 Å². The molecule has 1 fully saturated rings. The van der Waals surface area contributed by atoms with Crippen molar-refractivity contribution >= 4 is 21.9 Å². The highest BCUT2D eigenvalue weighted by atomic mass is 32.2. The van der Waals surface area contributed by atoms with E-state index < -0.39 is 15.5 Å². The van der Waals surface area contributed by atoms with Gasteiger partial charge in [0.1, 0.15) is 0 Å². The highest BCUT2D eigenvalue weighted by Crippen LogP contribution is 2.30. The number of aliphatic imine (C=N–C) groups is 1. The molecular weight excluding hydrogens is 415 g/mol. The number of furan rings is 1. The molecule has 9 nitrogen and oxygen atoms in total. The molecule has 1 aliphatic rings. The minimum atomic E-state index is -5.27. The van der Waals surface area contributed by atoms with Gasteiger partial charge in [0.2, 0.25) is 0 Å². The highest BCUT2D eigenvalue weighted by molar-refractivity contribution is 7.90. The van der Waals surface area contributed by atoms with Gasteiger partial charge in [-0.3, -0.25) is 9.79 Å². The Bertz CT molecular complexity index is 788. The van der Waals surface area contributed by atoms with Gasteiger partial charge in [0, 0.05) is 39.8 Å². The summed E-state index contributed by atoms with van der Waals surface area (Å²) in [5, 5.41) is 8.73. The van der Waals surface area contributed by atoms with Crippen molar-refractivity contribution in [2.45, 2.75) is 18.3 Å². The van der Waals surface area contributed by atoms with Gasteiger partial charge in [-0.25, -0.2) is 8.42 Å². The number of carbonyl (C=O) groups excluding carboxylic acids is 1. The Hall–Kier alpha value is -2.28. The van der Waals surface area contributed by atoms with Gasteiger partial charge in [0.05, 0.1) is 6.26 Å². The third kappa shape index (κ3) is 6.35. The lowest BCUT2D eigenvalue weighted by Crippen LogP contribution is -2.47. The summed E-state index contributed by atoms with van der Waals surface area (Å²) in [5.74, 6) is 0.376. The highest BCUT2D eigenvalue weighted by Gasteiger charge is 2.50. The van der Waals surface area contributed by atoms with Gasteiger partial charge in [0.15, 0.2) is 11.7 Å². The van der Waals surface area contributed by atoms with Gasteiger partial charge in [-0.05, 0) is 30.9 Å². The zero-order chi connectivity index (χ0) is 21.5. The molecule has 1 aromatic rings. The van der Waals surface area contributed by atoms with Crippen LogP contribution in [0, 0.1) is 5.92 Å². The minimum Gasteiger partial charge on any atom is -0.459 e. The number of rotatable bonds is 7. The van der Waals surface area contributed by atoms with E-state index in [1.54, 1.807) is 19.2 Å². The Balaban J connectivity index is 1.66. The number of alkyl halides is 3. The molecule has 1 amide bonds. The van der Waals surface area contributed by atoms with Crippen molar-refractivity contribution in [2.75, 3.05) is 39.8 Å². The summed E-state index contributed by atoms with van der Waals surface area (Å²) in [6, 6.07) is 3.16. The van der Waals surface area contributed by atoms with E-state index in [2.05, 4.69) is 20.9 Å². The second-order valence-corrected chi connectivity index (χ2v) is 8.34. The molecule has 0 bridgehead atoms. The van der Waals surface area contributed by atoms with Crippen molar-refractivity contribution in [3.8, 4) is 0 Å². The third-order valence-corrected chi connectivity index (χ3v) is 6.07. The maximum absolute atomic E-state index is 12.6. The standard InChI is InChI=1S/C16H24F3N5O4S/c1-20-15(22-7-6-21-14(25)13-3-2-10-28-13)23-11-12-4-8-24(9-5-12)29(26,27)16(17,18)19/h2-3,10,12H,4-9,11H2,1H3,(H,21,25)(H2,20,22,23). The first-order valence-electron chi connectivity index (χ1n) is 8.97. The summed E-state index contributed by atoms with van der Waals surface area (Å²) in [7, 11) is -3.70. The number of amides is 1. The van der Waals surface area contributed by atoms with Crippen LogP contribution in [-0.2, 0) is 10.0 Å². The number of nitrogens with one attached hydrogen (secondary N) is 3. The zero-order valence-electron chi connectivity index (χ0n) is 15.8. The van der Waals surface area contributed by atoms with Crippen molar-refractivity contribution < 1.29 is 30.8 Å². The molecule has 0 unspecified atom stereocenters. The van der Waals surface area contributed by atoms with Crippen LogP contribution in [0.1, 0.15) is 23.4 Å². The van der Waals surface area contributed by atoms with Crippen LogP contribution in [0.15, 0.2) is 27.8 Å². The molecule has 0 saturated carbocycles. The summed E-state index contributed by atoms with van der Waals surface area (Å²) in [6.07, 6.45) is 2.04. The van der Waals surface area contributed by atoms with Crippen LogP contribution in [0.25, 0.3) is 0 Å². The van der Waals surface area contributed by atoms with E-state index in [1.165, 1.54) is 6.26 Å². The molecule has 2 heterocycles. The fourth-order valence-corrected chi connectivity index (χ4v) is 3.80. The van der Waals surface area contributed by atoms with Gasteiger partial charge in [-0.1, -0.05) is 0 Å². The van der Waals surface area contributed by atoms with Crippen molar-refractivity contribution in [3.05, 3.63) is 24.2 Å². The number of nitrogens with zero attached hydrogens (tertiary/aromatic N) is 2. The fraction of sp³-hybridized carbons (Fsp3) is 0.625. The first kappa shape index (κ1) is 23.0. The van der Waals surface area contributed by atoms with Crippen LogP contribution in [0.5, 0.6) is 0 Å². The average Bonchev–Trinajstić information content (AvgIpc) is 3.21. The largest absolute Gasteiger partial charge is 0.511 e. The van der Waals surface area contributed by atoms with E-state index in [4.69, 9.17) is 4.42 Å². The van der Waals surface area contributed by atoms with Gasteiger partial charge in [0.25, 0.3) is 5.91 Å². The van der Waals surface area contributed by atoms with E-state index >= 15 is 0 Å². The smallest absolute Gasteiger partial charge is 0.459 e. The van der Waals surface area contributed by atoms with Crippen LogP contribution in [0.3, 0.4) is 0 Å². The molecule has 164 valence electrons. The van der Waals surface area contributed by atoms with Crippen LogP contribution < -0.4 is 16.0 Å². The van der Waals surface area contributed by atoms with Crippen molar-refractivity contribution in [1.29, 1.82) is 0 Å². The fourth-order valence-electron chi connectivity index (χ4n) is 2.81. The molecule has 0 spiro atoms. The van der Waals surface area contributed by atoms with Gasteiger partial charge < -0.3 is 20.4 Å². The number of carbonyl (C=O) groups is 1. The number of sulfonamides is 1. The zero-order valence-corrected chi connectivity index (χ0v) is 16.6. The third-order valence-electron chi connectivity index (χ3n) is 4.44. The van der Waals surface area contributed by atoms with E-state index in [-0.39, 0.29) is 30.7 Å². The Morgan fingerprint density at radius 2 is 1.90 bits per heavy atom. The summed E-state index contributed by atoms with van der Waals surface area (Å²) >= 11 is 0. The lowest BCUT2D eigenvalue weighted by Gasteiger charge is -2.31. The van der Waals surface area contributed by atoms with Gasteiger partial charge >= 0.3 is 15.5 Å². The molecule has 0 atom stereocenters. The number of piperidine rings is 1. The van der Waals surface area contributed by atoms with Gasteiger partial charge in [-0.2, -0.15) is 17.5 Å². The predicted molar refractivity (Wildman–Crippen MR) is 99.7 cm³/mol. The molecule has 1 saturated heterocycles. The van der Waals surface area contributed by atoms with E-state index in [0.717, 1.165) is 0 Å². The Morgan fingerprint density at radius 3 is 2.45 bits per heavy atom. The quantitative estimate of drug-likeness (QED) is 0.328. The van der Waals surface area contributed by atoms with Crippen LogP contribution in [-0.4, -0.2) is 69.9 Å². The molecule has 0 aromatic carbocycles. The minimum absolute atomic E-state index is 0.0203. The van der Waals surface area contributed by atoms with Crippen LogP contribution >= 0.6 is 0 Å².